The van der Waals surface area contributed by atoms with E-state index in [1.54, 1.807) is 7.11 Å². The summed E-state index contributed by atoms with van der Waals surface area (Å²) in [5.41, 5.74) is 0. The summed E-state index contributed by atoms with van der Waals surface area (Å²) in [5, 5.41) is 11.6. The number of hydrogen-bond donors (Lipinski definition) is 2. The van der Waals surface area contributed by atoms with Gasteiger partial charge in [-0.25, -0.2) is 0 Å². The van der Waals surface area contributed by atoms with Gasteiger partial charge in [0.15, 0.2) is 0 Å². The summed E-state index contributed by atoms with van der Waals surface area (Å²) in [4.78, 5) is 11.5. The second kappa shape index (κ2) is 7.76. The molecule has 2 N–H and O–H groups in total. The van der Waals surface area contributed by atoms with Crippen LogP contribution in [0.5, 0.6) is 0 Å². The molecule has 14 heavy (non-hydrogen) atoms. The van der Waals surface area contributed by atoms with E-state index in [4.69, 9.17) is 9.84 Å². The number of aliphatic hydroxyl groups excluding tert-OH is 1. The third-order valence-corrected chi connectivity index (χ3v) is 2.25. The predicted molar refractivity (Wildman–Crippen MR) is 55.0 cm³/mol. The molecule has 2 atom stereocenters. The second-order valence-electron chi connectivity index (χ2n) is 3.48. The Morgan fingerprint density at radius 2 is 2.21 bits per heavy atom. The van der Waals surface area contributed by atoms with Crippen molar-refractivity contribution in [3.8, 4) is 0 Å². The standard InChI is InChI=1S/C10H21NO3/c1-4-8(2)10(13)11-9(5-6-12)7-14-3/h8-9,12H,4-7H2,1-3H3,(H,11,13). The van der Waals surface area contributed by atoms with Gasteiger partial charge < -0.3 is 15.2 Å². The first-order valence-electron chi connectivity index (χ1n) is 5.05. The van der Waals surface area contributed by atoms with Crippen LogP contribution in [0.15, 0.2) is 0 Å². The van der Waals surface area contributed by atoms with Gasteiger partial charge >= 0.3 is 0 Å². The monoisotopic (exact) mass is 203 g/mol. The van der Waals surface area contributed by atoms with Gasteiger partial charge in [-0.15, -0.1) is 0 Å². The Morgan fingerprint density at radius 1 is 1.57 bits per heavy atom. The molecule has 0 spiro atoms. The SMILES string of the molecule is CCC(C)C(=O)NC(CCO)COC. The van der Waals surface area contributed by atoms with Crippen LogP contribution in [0.2, 0.25) is 0 Å². The van der Waals surface area contributed by atoms with Crippen molar-refractivity contribution in [1.29, 1.82) is 0 Å². The van der Waals surface area contributed by atoms with E-state index in [1.165, 1.54) is 0 Å². The first-order chi connectivity index (χ1) is 6.65. The highest BCUT2D eigenvalue weighted by atomic mass is 16.5. The van der Waals surface area contributed by atoms with E-state index < -0.39 is 0 Å². The molecule has 84 valence electrons. The first-order valence-corrected chi connectivity index (χ1v) is 5.05. The van der Waals surface area contributed by atoms with E-state index in [2.05, 4.69) is 5.32 Å². The molecule has 2 unspecified atom stereocenters. The fraction of sp³-hybridized carbons (Fsp3) is 0.900. The highest BCUT2D eigenvalue weighted by Crippen LogP contribution is 2.02. The fourth-order valence-electron chi connectivity index (χ4n) is 1.08. The number of hydrogen-bond acceptors (Lipinski definition) is 3. The number of amides is 1. The topological polar surface area (TPSA) is 58.6 Å². The third-order valence-electron chi connectivity index (χ3n) is 2.25. The number of methoxy groups -OCH3 is 1. The number of aliphatic hydroxyl groups is 1. The van der Waals surface area contributed by atoms with Crippen molar-refractivity contribution in [3.63, 3.8) is 0 Å². The van der Waals surface area contributed by atoms with Crippen molar-refractivity contribution in [2.24, 2.45) is 5.92 Å². The molecule has 1 amide bonds. The quantitative estimate of drug-likeness (QED) is 0.635. The summed E-state index contributed by atoms with van der Waals surface area (Å²) in [6, 6.07) is -0.0773. The average molecular weight is 203 g/mol. The summed E-state index contributed by atoms with van der Waals surface area (Å²) < 4.78 is 4.94. The molecule has 0 aliphatic rings. The summed E-state index contributed by atoms with van der Waals surface area (Å²) in [6.07, 6.45) is 1.36. The maximum Gasteiger partial charge on any atom is 0.223 e. The van der Waals surface area contributed by atoms with Crippen LogP contribution in [0.3, 0.4) is 0 Å². The minimum atomic E-state index is -0.0773. The van der Waals surface area contributed by atoms with Crippen LogP contribution in [0.4, 0.5) is 0 Å². The zero-order chi connectivity index (χ0) is 11.0. The average Bonchev–Trinajstić information content (AvgIpc) is 2.17. The molecule has 0 aromatic carbocycles. The smallest absolute Gasteiger partial charge is 0.223 e. The number of rotatable bonds is 7. The Hall–Kier alpha value is -0.610. The lowest BCUT2D eigenvalue weighted by Gasteiger charge is -2.19. The van der Waals surface area contributed by atoms with Gasteiger partial charge in [0.2, 0.25) is 5.91 Å². The minimum absolute atomic E-state index is 0.0213. The van der Waals surface area contributed by atoms with Gasteiger partial charge in [-0.05, 0) is 12.8 Å². The lowest BCUT2D eigenvalue weighted by Crippen LogP contribution is -2.41. The Morgan fingerprint density at radius 3 is 2.64 bits per heavy atom. The van der Waals surface area contributed by atoms with Gasteiger partial charge in [-0.2, -0.15) is 0 Å². The van der Waals surface area contributed by atoms with E-state index in [-0.39, 0.29) is 24.5 Å². The molecule has 0 radical (unpaired) electrons. The maximum atomic E-state index is 11.5. The zero-order valence-corrected chi connectivity index (χ0v) is 9.25. The van der Waals surface area contributed by atoms with Crippen molar-refractivity contribution < 1.29 is 14.6 Å². The lowest BCUT2D eigenvalue weighted by molar-refractivity contribution is -0.125. The Balaban J connectivity index is 3.94. The van der Waals surface area contributed by atoms with Gasteiger partial charge in [0.1, 0.15) is 0 Å². The highest BCUT2D eigenvalue weighted by molar-refractivity contribution is 5.78. The summed E-state index contributed by atoms with van der Waals surface area (Å²) in [7, 11) is 1.58. The van der Waals surface area contributed by atoms with E-state index in [9.17, 15) is 4.79 Å². The molecule has 0 aliphatic carbocycles. The fourth-order valence-corrected chi connectivity index (χ4v) is 1.08. The van der Waals surface area contributed by atoms with Crippen LogP contribution in [-0.2, 0) is 9.53 Å². The van der Waals surface area contributed by atoms with Crippen LogP contribution in [0.25, 0.3) is 0 Å². The molecule has 0 aliphatic heterocycles. The molecule has 0 rings (SSSR count). The van der Waals surface area contributed by atoms with Crippen LogP contribution in [0, 0.1) is 5.92 Å². The normalized spacial score (nSPS) is 14.9. The summed E-state index contributed by atoms with van der Waals surface area (Å²) in [5.74, 6) is 0.0519. The van der Waals surface area contributed by atoms with Crippen molar-refractivity contribution in [3.05, 3.63) is 0 Å². The molecule has 4 heteroatoms. The van der Waals surface area contributed by atoms with E-state index >= 15 is 0 Å². The Labute approximate surface area is 85.6 Å². The van der Waals surface area contributed by atoms with Crippen molar-refractivity contribution in [2.75, 3.05) is 20.3 Å². The third kappa shape index (κ3) is 5.19. The molecule has 0 fully saturated rings. The Kier molecular flexibility index (Phi) is 7.42. The van der Waals surface area contributed by atoms with Crippen molar-refractivity contribution in [1.82, 2.24) is 5.32 Å². The van der Waals surface area contributed by atoms with Crippen molar-refractivity contribution in [2.45, 2.75) is 32.7 Å². The maximum absolute atomic E-state index is 11.5. The van der Waals surface area contributed by atoms with Gasteiger partial charge in [0, 0.05) is 19.6 Å². The molecule has 0 saturated heterocycles. The largest absolute Gasteiger partial charge is 0.396 e. The number of carbonyl (C=O) groups excluding carboxylic acids is 1. The number of carbonyl (C=O) groups is 1. The molecule has 0 aromatic heterocycles. The molecule has 0 aromatic rings. The molecule has 4 nitrogen and oxygen atoms in total. The minimum Gasteiger partial charge on any atom is -0.396 e. The van der Waals surface area contributed by atoms with Gasteiger partial charge in [-0.1, -0.05) is 13.8 Å². The molecule has 0 bridgehead atoms. The van der Waals surface area contributed by atoms with Crippen LogP contribution < -0.4 is 5.32 Å². The predicted octanol–water partition coefficient (Wildman–Crippen LogP) is 0.546. The summed E-state index contributed by atoms with van der Waals surface area (Å²) in [6.45, 7) is 4.37. The molecule has 0 saturated carbocycles. The molecular formula is C10H21NO3. The van der Waals surface area contributed by atoms with E-state index in [0.29, 0.717) is 13.0 Å². The van der Waals surface area contributed by atoms with Crippen LogP contribution in [0.1, 0.15) is 26.7 Å². The Bertz CT molecular complexity index is 155. The summed E-state index contributed by atoms with van der Waals surface area (Å²) >= 11 is 0. The van der Waals surface area contributed by atoms with Gasteiger partial charge in [0.05, 0.1) is 12.6 Å². The van der Waals surface area contributed by atoms with Gasteiger partial charge in [-0.3, -0.25) is 4.79 Å². The number of nitrogens with one attached hydrogen (secondary N) is 1. The van der Waals surface area contributed by atoms with Crippen LogP contribution in [-0.4, -0.2) is 37.4 Å². The van der Waals surface area contributed by atoms with Gasteiger partial charge in [0.25, 0.3) is 0 Å². The van der Waals surface area contributed by atoms with E-state index in [1.807, 2.05) is 13.8 Å². The van der Waals surface area contributed by atoms with Crippen LogP contribution >= 0.6 is 0 Å². The molecular weight excluding hydrogens is 182 g/mol. The molecule has 0 heterocycles. The van der Waals surface area contributed by atoms with Crippen molar-refractivity contribution >= 4 is 5.91 Å². The van der Waals surface area contributed by atoms with E-state index in [0.717, 1.165) is 6.42 Å². The second-order valence-corrected chi connectivity index (χ2v) is 3.48. The first kappa shape index (κ1) is 13.4. The lowest BCUT2D eigenvalue weighted by atomic mass is 10.1. The zero-order valence-electron chi connectivity index (χ0n) is 9.25. The highest BCUT2D eigenvalue weighted by Gasteiger charge is 2.15. The number of ether oxygens (including phenoxy) is 1.